The number of rotatable bonds is 6. The lowest BCUT2D eigenvalue weighted by molar-refractivity contribution is 0.0712. The predicted octanol–water partition coefficient (Wildman–Crippen LogP) is 4.65. The van der Waals surface area contributed by atoms with Crippen LogP contribution in [0.15, 0.2) is 59.4 Å². The Hall–Kier alpha value is -3.30. The molecule has 4 heterocycles. The summed E-state index contributed by atoms with van der Waals surface area (Å²) < 4.78 is 1.81. The predicted molar refractivity (Wildman–Crippen MR) is 134 cm³/mol. The van der Waals surface area contributed by atoms with Crippen molar-refractivity contribution in [2.45, 2.75) is 32.2 Å². The van der Waals surface area contributed by atoms with Gasteiger partial charge in [0.1, 0.15) is 5.69 Å². The summed E-state index contributed by atoms with van der Waals surface area (Å²) in [6, 6.07) is 13.8. The van der Waals surface area contributed by atoms with Crippen molar-refractivity contribution in [1.29, 1.82) is 0 Å². The average Bonchev–Trinajstić information content (AvgIpc) is 3.64. The van der Waals surface area contributed by atoms with Crippen molar-refractivity contribution in [3.8, 4) is 5.69 Å². The molecule has 4 aromatic rings. The van der Waals surface area contributed by atoms with E-state index < -0.39 is 0 Å². The Kier molecular flexibility index (Phi) is 6.55. The van der Waals surface area contributed by atoms with E-state index in [1.165, 1.54) is 11.3 Å². The number of thiazole rings is 1. The van der Waals surface area contributed by atoms with Gasteiger partial charge in [-0.05, 0) is 43.3 Å². The minimum atomic E-state index is -0.144. The number of carbonyl (C=O) groups is 2. The summed E-state index contributed by atoms with van der Waals surface area (Å²) in [6.45, 7) is 3.78. The van der Waals surface area contributed by atoms with Crippen LogP contribution in [0.2, 0.25) is 0 Å². The molecule has 1 aliphatic rings. The summed E-state index contributed by atoms with van der Waals surface area (Å²) >= 11 is 3.15. The second-order valence-corrected chi connectivity index (χ2v) is 10.2. The minimum Gasteiger partial charge on any atom is -0.346 e. The van der Waals surface area contributed by atoms with Crippen molar-refractivity contribution in [2.75, 3.05) is 13.1 Å². The van der Waals surface area contributed by atoms with Crippen LogP contribution in [0.3, 0.4) is 0 Å². The van der Waals surface area contributed by atoms with Crippen molar-refractivity contribution in [2.24, 2.45) is 0 Å². The van der Waals surface area contributed by atoms with E-state index in [0.29, 0.717) is 30.9 Å². The molecule has 0 bridgehead atoms. The molecule has 3 aromatic heterocycles. The van der Waals surface area contributed by atoms with Gasteiger partial charge in [0.2, 0.25) is 0 Å². The van der Waals surface area contributed by atoms with E-state index in [2.05, 4.69) is 15.4 Å². The SMILES string of the molecule is Cc1c(C(=O)N2CCC(c3nc(C(=O)NCc4cccs4)cs3)CC2)cnn1-c1ccccc1. The van der Waals surface area contributed by atoms with Crippen molar-refractivity contribution >= 4 is 34.5 Å². The van der Waals surface area contributed by atoms with Gasteiger partial charge in [0.25, 0.3) is 11.8 Å². The molecule has 0 saturated carbocycles. The number of aromatic nitrogens is 3. The lowest BCUT2D eigenvalue weighted by Gasteiger charge is -2.31. The molecule has 34 heavy (non-hydrogen) atoms. The van der Waals surface area contributed by atoms with Crippen LogP contribution in [-0.4, -0.2) is 44.6 Å². The third kappa shape index (κ3) is 4.67. The molecule has 1 fully saturated rings. The molecule has 7 nitrogen and oxygen atoms in total. The highest BCUT2D eigenvalue weighted by Crippen LogP contribution is 2.31. The van der Waals surface area contributed by atoms with Crippen molar-refractivity contribution < 1.29 is 9.59 Å². The highest BCUT2D eigenvalue weighted by atomic mass is 32.1. The molecule has 174 valence electrons. The molecular weight excluding hydrogens is 466 g/mol. The molecule has 0 spiro atoms. The number of piperidine rings is 1. The molecule has 9 heteroatoms. The largest absolute Gasteiger partial charge is 0.346 e. The number of nitrogens with one attached hydrogen (secondary N) is 1. The van der Waals surface area contributed by atoms with Crippen LogP contribution in [0.4, 0.5) is 0 Å². The summed E-state index contributed by atoms with van der Waals surface area (Å²) in [6.07, 6.45) is 3.33. The molecule has 1 aromatic carbocycles. The van der Waals surface area contributed by atoms with Gasteiger partial charge in [-0.3, -0.25) is 9.59 Å². The van der Waals surface area contributed by atoms with E-state index >= 15 is 0 Å². The molecule has 5 rings (SSSR count). The Morgan fingerprint density at radius 2 is 1.88 bits per heavy atom. The van der Waals surface area contributed by atoms with Gasteiger partial charge in [0.05, 0.1) is 34.7 Å². The highest BCUT2D eigenvalue weighted by Gasteiger charge is 2.28. The van der Waals surface area contributed by atoms with Crippen LogP contribution < -0.4 is 5.32 Å². The molecule has 0 radical (unpaired) electrons. The molecular formula is C25H25N5O2S2. The number of hydrogen-bond acceptors (Lipinski definition) is 6. The molecule has 1 N–H and O–H groups in total. The number of thiophene rings is 1. The molecule has 1 saturated heterocycles. The molecule has 2 amide bonds. The van der Waals surface area contributed by atoms with Gasteiger partial charge in [-0.25, -0.2) is 9.67 Å². The number of carbonyl (C=O) groups excluding carboxylic acids is 2. The van der Waals surface area contributed by atoms with Gasteiger partial charge in [0.15, 0.2) is 0 Å². The maximum Gasteiger partial charge on any atom is 0.271 e. The second-order valence-electron chi connectivity index (χ2n) is 8.29. The zero-order valence-electron chi connectivity index (χ0n) is 18.8. The van der Waals surface area contributed by atoms with Gasteiger partial charge in [0, 0.05) is 29.3 Å². The van der Waals surface area contributed by atoms with E-state index in [-0.39, 0.29) is 17.7 Å². The fourth-order valence-corrected chi connectivity index (χ4v) is 5.82. The first kappa shape index (κ1) is 22.5. The standard InChI is InChI=1S/C25H25N5O2S2/c1-17-21(15-27-30(17)19-6-3-2-4-7-19)25(32)29-11-9-18(10-12-29)24-28-22(16-34-24)23(31)26-14-20-8-5-13-33-20/h2-8,13,15-16,18H,9-12,14H2,1H3,(H,26,31). The quantitative estimate of drug-likeness (QED) is 0.426. The first-order chi connectivity index (χ1) is 16.6. The van der Waals surface area contributed by atoms with Crippen LogP contribution in [0.1, 0.15) is 55.2 Å². The van der Waals surface area contributed by atoms with Crippen molar-refractivity contribution in [3.63, 3.8) is 0 Å². The second kappa shape index (κ2) is 9.90. The summed E-state index contributed by atoms with van der Waals surface area (Å²) in [5, 5.41) is 12.2. The van der Waals surface area contributed by atoms with Gasteiger partial charge >= 0.3 is 0 Å². The van der Waals surface area contributed by atoms with Gasteiger partial charge in [-0.15, -0.1) is 22.7 Å². The van der Waals surface area contributed by atoms with Gasteiger partial charge in [-0.1, -0.05) is 24.3 Å². The van der Waals surface area contributed by atoms with Crippen LogP contribution in [0.5, 0.6) is 0 Å². The monoisotopic (exact) mass is 491 g/mol. The Labute approximate surface area is 206 Å². The maximum atomic E-state index is 13.2. The zero-order chi connectivity index (χ0) is 23.5. The Bertz CT molecular complexity index is 1270. The third-order valence-electron chi connectivity index (χ3n) is 6.13. The number of nitrogens with zero attached hydrogens (tertiary/aromatic N) is 4. The maximum absolute atomic E-state index is 13.2. The molecule has 1 aliphatic heterocycles. The molecule has 0 aliphatic carbocycles. The van der Waals surface area contributed by atoms with E-state index in [0.717, 1.165) is 34.1 Å². The summed E-state index contributed by atoms with van der Waals surface area (Å²) in [4.78, 5) is 33.2. The molecule has 0 atom stereocenters. The van der Waals surface area contributed by atoms with Crippen LogP contribution in [0.25, 0.3) is 5.69 Å². The van der Waals surface area contributed by atoms with E-state index in [9.17, 15) is 9.59 Å². The average molecular weight is 492 g/mol. The first-order valence-corrected chi connectivity index (χ1v) is 13.0. The third-order valence-corrected chi connectivity index (χ3v) is 8.01. The summed E-state index contributed by atoms with van der Waals surface area (Å²) in [5.41, 5.74) is 2.90. The summed E-state index contributed by atoms with van der Waals surface area (Å²) in [5.74, 6) is 0.140. The topological polar surface area (TPSA) is 80.1 Å². The lowest BCUT2D eigenvalue weighted by atomic mass is 9.97. The van der Waals surface area contributed by atoms with Crippen LogP contribution in [0, 0.1) is 6.92 Å². The minimum absolute atomic E-state index is 0.0194. The van der Waals surface area contributed by atoms with Crippen LogP contribution in [-0.2, 0) is 6.54 Å². The fourth-order valence-electron chi connectivity index (χ4n) is 4.20. The van der Waals surface area contributed by atoms with E-state index in [1.807, 2.05) is 65.0 Å². The Morgan fingerprint density at radius 3 is 2.62 bits per heavy atom. The van der Waals surface area contributed by atoms with E-state index in [4.69, 9.17) is 0 Å². The van der Waals surface area contributed by atoms with Gasteiger partial charge < -0.3 is 10.2 Å². The van der Waals surface area contributed by atoms with Crippen molar-refractivity contribution in [3.05, 3.63) is 86.3 Å². The van der Waals surface area contributed by atoms with E-state index in [1.54, 1.807) is 22.2 Å². The lowest BCUT2D eigenvalue weighted by Crippen LogP contribution is -2.38. The fraction of sp³-hybridized carbons (Fsp3) is 0.280. The van der Waals surface area contributed by atoms with Crippen molar-refractivity contribution in [1.82, 2.24) is 25.0 Å². The number of benzene rings is 1. The zero-order valence-corrected chi connectivity index (χ0v) is 20.4. The summed E-state index contributed by atoms with van der Waals surface area (Å²) in [7, 11) is 0. The highest BCUT2D eigenvalue weighted by molar-refractivity contribution is 7.10. The number of hydrogen-bond donors (Lipinski definition) is 1. The Morgan fingerprint density at radius 1 is 1.09 bits per heavy atom. The number of para-hydroxylation sites is 1. The Balaban J connectivity index is 1.18. The number of likely N-dealkylation sites (tertiary alicyclic amines) is 1. The first-order valence-electron chi connectivity index (χ1n) is 11.3. The van der Waals surface area contributed by atoms with Gasteiger partial charge in [-0.2, -0.15) is 5.10 Å². The molecule has 0 unspecified atom stereocenters. The number of amides is 2. The smallest absolute Gasteiger partial charge is 0.271 e. The van der Waals surface area contributed by atoms with Crippen LogP contribution >= 0.6 is 22.7 Å². The normalized spacial score (nSPS) is 14.3.